The Morgan fingerprint density at radius 3 is 2.87 bits per heavy atom. The van der Waals surface area contributed by atoms with Gasteiger partial charge in [0, 0.05) is 15.8 Å². The van der Waals surface area contributed by atoms with Gasteiger partial charge in [-0.15, -0.1) is 0 Å². The highest BCUT2D eigenvalue weighted by atomic mass is 79.9. The highest BCUT2D eigenvalue weighted by Gasteiger charge is 2.20. The molecule has 5 rings (SSSR count). The summed E-state index contributed by atoms with van der Waals surface area (Å²) in [6.45, 7) is 0. The summed E-state index contributed by atoms with van der Waals surface area (Å²) in [7, 11) is 0. The largest absolute Gasteiger partial charge is 0.493 e. The minimum absolute atomic E-state index is 0.232. The number of nitrogens with one attached hydrogen (secondary N) is 3. The molecule has 1 aliphatic rings. The van der Waals surface area contributed by atoms with Crippen molar-refractivity contribution in [3.63, 3.8) is 0 Å². The predicted molar refractivity (Wildman–Crippen MR) is 116 cm³/mol. The lowest BCUT2D eigenvalue weighted by Gasteiger charge is -2.08. The molecule has 1 saturated carbocycles. The Hall–Kier alpha value is -3.91. The Bertz CT molecular complexity index is 1540. The molecule has 11 heteroatoms. The molecule has 10 nitrogen and oxygen atoms in total. The average molecular weight is 479 g/mol. The Balaban J connectivity index is 1.66. The molecule has 31 heavy (non-hydrogen) atoms. The first-order valence-corrected chi connectivity index (χ1v) is 10.2. The molecule has 1 fully saturated rings. The summed E-state index contributed by atoms with van der Waals surface area (Å²) in [5.41, 5.74) is 2.16. The van der Waals surface area contributed by atoms with Gasteiger partial charge in [-0.25, -0.2) is 9.78 Å². The van der Waals surface area contributed by atoms with Crippen molar-refractivity contribution in [3.8, 4) is 11.9 Å². The van der Waals surface area contributed by atoms with Gasteiger partial charge in [0.1, 0.15) is 11.5 Å². The van der Waals surface area contributed by atoms with Crippen LogP contribution in [0.25, 0.3) is 11.7 Å². The number of nitriles is 1. The van der Waals surface area contributed by atoms with Crippen molar-refractivity contribution in [1.29, 1.82) is 5.26 Å². The monoisotopic (exact) mass is 478 g/mol. The first kappa shape index (κ1) is 19.1. The molecular formula is C20H15BrN8O2. The van der Waals surface area contributed by atoms with Crippen molar-refractivity contribution in [3.05, 3.63) is 67.4 Å². The van der Waals surface area contributed by atoms with Gasteiger partial charge in [0.05, 0.1) is 29.6 Å². The third-order valence-electron chi connectivity index (χ3n) is 4.74. The second kappa shape index (κ2) is 7.41. The molecule has 1 aliphatic carbocycles. The van der Waals surface area contributed by atoms with Crippen LogP contribution in [0.3, 0.4) is 0 Å². The fourth-order valence-electron chi connectivity index (χ4n) is 3.08. The number of hydrogen-bond donors (Lipinski definition) is 4. The van der Waals surface area contributed by atoms with Crippen molar-refractivity contribution in [2.45, 2.75) is 18.9 Å². The molecule has 4 aromatic rings. The molecule has 0 aliphatic heterocycles. The molecule has 3 aromatic heterocycles. The van der Waals surface area contributed by atoms with Crippen LogP contribution in [-0.4, -0.2) is 35.7 Å². The van der Waals surface area contributed by atoms with Gasteiger partial charge in [0.15, 0.2) is 11.1 Å². The molecule has 4 N–H and O–H groups in total. The Morgan fingerprint density at radius 1 is 1.35 bits per heavy atom. The second-order valence-electron chi connectivity index (χ2n) is 7.11. The molecule has 154 valence electrons. The van der Waals surface area contributed by atoms with E-state index in [0.29, 0.717) is 27.7 Å². The van der Waals surface area contributed by atoms with Gasteiger partial charge < -0.3 is 15.4 Å². The van der Waals surface area contributed by atoms with Crippen molar-refractivity contribution in [2.75, 3.05) is 5.32 Å². The maximum Gasteiger partial charge on any atom is 0.326 e. The van der Waals surface area contributed by atoms with Crippen LogP contribution in [0.15, 0.2) is 44.7 Å². The third kappa shape index (κ3) is 3.80. The topological polar surface area (TPSA) is 147 Å². The smallest absolute Gasteiger partial charge is 0.326 e. The van der Waals surface area contributed by atoms with E-state index in [0.717, 1.165) is 23.0 Å². The van der Waals surface area contributed by atoms with Crippen molar-refractivity contribution in [2.24, 2.45) is 4.99 Å². The summed E-state index contributed by atoms with van der Waals surface area (Å²) in [4.78, 5) is 25.6. The van der Waals surface area contributed by atoms with Gasteiger partial charge in [0.25, 0.3) is 0 Å². The van der Waals surface area contributed by atoms with E-state index in [1.165, 1.54) is 0 Å². The third-order valence-corrected chi connectivity index (χ3v) is 5.39. The summed E-state index contributed by atoms with van der Waals surface area (Å²) in [5.74, 6) is 0.280. The van der Waals surface area contributed by atoms with Crippen LogP contribution in [0.4, 0.5) is 11.5 Å². The summed E-state index contributed by atoms with van der Waals surface area (Å²) in [5, 5.41) is 27.2. The molecule has 0 amide bonds. The number of aromatic nitrogens is 5. The van der Waals surface area contributed by atoms with E-state index >= 15 is 0 Å². The number of nitrogens with zero attached hydrogens (tertiary/aromatic N) is 5. The fourth-order valence-corrected chi connectivity index (χ4v) is 3.56. The molecule has 0 bridgehead atoms. The van der Waals surface area contributed by atoms with E-state index in [4.69, 9.17) is 10.3 Å². The summed E-state index contributed by atoms with van der Waals surface area (Å²) in [6, 6.07) is 9.40. The van der Waals surface area contributed by atoms with Crippen molar-refractivity contribution >= 4 is 39.2 Å². The lowest BCUT2D eigenvalue weighted by atomic mass is 10.2. The first-order chi connectivity index (χ1) is 15.0. The normalized spacial score (nSPS) is 14.8. The van der Waals surface area contributed by atoms with E-state index in [1.807, 2.05) is 6.07 Å². The fraction of sp³-hybridized carbons (Fsp3) is 0.150. The minimum atomic E-state index is -0.509. The summed E-state index contributed by atoms with van der Waals surface area (Å²) >= 11 is 3.47. The summed E-state index contributed by atoms with van der Waals surface area (Å²) < 4.78 is 2.36. The van der Waals surface area contributed by atoms with E-state index < -0.39 is 5.69 Å². The maximum absolute atomic E-state index is 11.4. The Kier molecular flexibility index (Phi) is 4.56. The SMILES string of the molecule is N#Cc1ccc(Nc2cc(=NC3CC3)n3nc/c(=C/c4[nH]c(=O)[nH]c4O)c3n2)c(Br)c1. The van der Waals surface area contributed by atoms with Gasteiger partial charge in [0.2, 0.25) is 5.88 Å². The predicted octanol–water partition coefficient (Wildman–Crippen LogP) is 1.44. The number of anilines is 2. The summed E-state index contributed by atoms with van der Waals surface area (Å²) in [6.07, 6.45) is 5.25. The van der Waals surface area contributed by atoms with Gasteiger partial charge in [-0.1, -0.05) is 0 Å². The van der Waals surface area contributed by atoms with Crippen LogP contribution in [-0.2, 0) is 0 Å². The zero-order valence-electron chi connectivity index (χ0n) is 15.9. The van der Waals surface area contributed by atoms with E-state index in [9.17, 15) is 9.90 Å². The average Bonchev–Trinajstić information content (AvgIpc) is 3.38. The van der Waals surface area contributed by atoms with E-state index in [1.54, 1.807) is 35.0 Å². The van der Waals surface area contributed by atoms with Crippen LogP contribution in [0.5, 0.6) is 5.88 Å². The lowest BCUT2D eigenvalue weighted by molar-refractivity contribution is 0.454. The number of fused-ring (bicyclic) bond motifs is 1. The Morgan fingerprint density at radius 2 is 2.19 bits per heavy atom. The maximum atomic E-state index is 11.4. The molecule has 0 saturated heterocycles. The van der Waals surface area contributed by atoms with E-state index in [-0.39, 0.29) is 17.6 Å². The number of rotatable bonds is 4. The zero-order valence-corrected chi connectivity index (χ0v) is 17.5. The highest BCUT2D eigenvalue weighted by Crippen LogP contribution is 2.26. The second-order valence-corrected chi connectivity index (χ2v) is 7.97. The van der Waals surface area contributed by atoms with Gasteiger partial charge in [-0.05, 0) is 53.0 Å². The standard InChI is InChI=1S/C20H15BrN8O2/c21-13-5-10(8-22)1-4-14(13)25-16-7-17(24-12-2-3-12)29-18(27-16)11(9-23-29)6-15-19(30)28-20(31)26-15/h1,4-7,9,12,25,30H,2-3H2,(H2,26,28,31)/b11-6-,24-17?. The van der Waals surface area contributed by atoms with Gasteiger partial charge >= 0.3 is 5.69 Å². The van der Waals surface area contributed by atoms with E-state index in [2.05, 4.69) is 47.4 Å². The lowest BCUT2D eigenvalue weighted by Crippen LogP contribution is -2.19. The van der Waals surface area contributed by atoms with Crippen LogP contribution in [0, 0.1) is 11.3 Å². The molecule has 0 unspecified atom stereocenters. The number of aromatic hydroxyl groups is 1. The Labute approximate surface area is 182 Å². The quantitative estimate of drug-likeness (QED) is 0.348. The molecule has 0 spiro atoms. The molecule has 1 aromatic carbocycles. The number of aromatic amines is 2. The molecule has 0 atom stereocenters. The first-order valence-electron chi connectivity index (χ1n) is 9.42. The minimum Gasteiger partial charge on any atom is -0.493 e. The number of H-pyrrole nitrogens is 2. The molecule has 0 radical (unpaired) electrons. The van der Waals surface area contributed by atoms with Crippen molar-refractivity contribution < 1.29 is 5.11 Å². The number of hydrogen-bond acceptors (Lipinski definition) is 7. The van der Waals surface area contributed by atoms with Crippen LogP contribution >= 0.6 is 15.9 Å². The number of benzene rings is 1. The van der Waals surface area contributed by atoms with Crippen molar-refractivity contribution in [1.82, 2.24) is 24.6 Å². The van der Waals surface area contributed by atoms with Gasteiger partial charge in [-0.3, -0.25) is 9.98 Å². The van der Waals surface area contributed by atoms with Crippen LogP contribution in [0.1, 0.15) is 24.1 Å². The number of imidazole rings is 1. The number of halogens is 1. The van der Waals surface area contributed by atoms with Gasteiger partial charge in [-0.2, -0.15) is 14.9 Å². The molecule has 3 heterocycles. The van der Waals surface area contributed by atoms with Crippen LogP contribution < -0.4 is 21.7 Å². The molecular weight excluding hydrogens is 464 g/mol. The zero-order chi connectivity index (χ0) is 21.5. The highest BCUT2D eigenvalue weighted by molar-refractivity contribution is 9.10. The van der Waals surface area contributed by atoms with Crippen LogP contribution in [0.2, 0.25) is 0 Å².